The van der Waals surface area contributed by atoms with Gasteiger partial charge in [0, 0.05) is 12.2 Å². The molecule has 1 aliphatic heterocycles. The predicted molar refractivity (Wildman–Crippen MR) is 63.8 cm³/mol. The quantitative estimate of drug-likeness (QED) is 0.570. The predicted octanol–water partition coefficient (Wildman–Crippen LogP) is 1.25. The van der Waals surface area contributed by atoms with E-state index in [1.54, 1.807) is 6.92 Å². The molecule has 0 N–H and O–H groups in total. The van der Waals surface area contributed by atoms with E-state index in [1.165, 1.54) is 7.11 Å². The molecule has 1 saturated heterocycles. The van der Waals surface area contributed by atoms with Gasteiger partial charge >= 0.3 is 5.97 Å². The molecule has 2 rings (SSSR count). The third kappa shape index (κ3) is 1.90. The van der Waals surface area contributed by atoms with Crippen LogP contribution in [0.5, 0.6) is 0 Å². The van der Waals surface area contributed by atoms with E-state index in [1.807, 2.05) is 35.2 Å². The van der Waals surface area contributed by atoms with Gasteiger partial charge in [-0.3, -0.25) is 9.59 Å². The minimum absolute atomic E-state index is 0.0896. The molecule has 1 atom stereocenters. The van der Waals surface area contributed by atoms with Crippen LogP contribution >= 0.6 is 0 Å². The second kappa shape index (κ2) is 4.20. The summed E-state index contributed by atoms with van der Waals surface area (Å²) >= 11 is 0. The van der Waals surface area contributed by atoms with Crippen molar-refractivity contribution in [3.05, 3.63) is 30.3 Å². The van der Waals surface area contributed by atoms with Gasteiger partial charge < -0.3 is 9.64 Å². The van der Waals surface area contributed by atoms with Crippen molar-refractivity contribution in [2.45, 2.75) is 6.92 Å². The first-order valence-corrected chi connectivity index (χ1v) is 5.49. The second-order valence-corrected chi connectivity index (χ2v) is 4.44. The number of rotatable bonds is 2. The second-order valence-electron chi connectivity index (χ2n) is 4.44. The molecule has 0 aromatic heterocycles. The number of benzene rings is 1. The lowest BCUT2D eigenvalue weighted by Crippen LogP contribution is -2.37. The van der Waals surface area contributed by atoms with Gasteiger partial charge in [0.05, 0.1) is 13.7 Å². The maximum absolute atomic E-state index is 11.9. The van der Waals surface area contributed by atoms with Crippen molar-refractivity contribution in [2.24, 2.45) is 5.41 Å². The number of ketones is 1. The van der Waals surface area contributed by atoms with Crippen LogP contribution in [-0.2, 0) is 14.3 Å². The van der Waals surface area contributed by atoms with Gasteiger partial charge in [0.15, 0.2) is 5.78 Å². The summed E-state index contributed by atoms with van der Waals surface area (Å²) in [5, 5.41) is 0. The highest BCUT2D eigenvalue weighted by atomic mass is 16.5. The summed E-state index contributed by atoms with van der Waals surface area (Å²) in [6.45, 7) is 2.28. The number of methoxy groups -OCH3 is 1. The van der Waals surface area contributed by atoms with E-state index >= 15 is 0 Å². The third-order valence-corrected chi connectivity index (χ3v) is 3.21. The molecule has 0 aliphatic carbocycles. The molecule has 17 heavy (non-hydrogen) atoms. The molecule has 1 heterocycles. The van der Waals surface area contributed by atoms with Crippen molar-refractivity contribution >= 4 is 17.4 Å². The first-order chi connectivity index (χ1) is 8.08. The number of ether oxygens (including phenoxy) is 1. The molecule has 0 radical (unpaired) electrons. The third-order valence-electron chi connectivity index (χ3n) is 3.21. The Bertz CT molecular complexity index is 443. The highest BCUT2D eigenvalue weighted by Gasteiger charge is 2.49. The summed E-state index contributed by atoms with van der Waals surface area (Å²) in [5.41, 5.74) is -0.0848. The first-order valence-electron chi connectivity index (χ1n) is 5.49. The van der Waals surface area contributed by atoms with E-state index in [2.05, 4.69) is 0 Å². The van der Waals surface area contributed by atoms with Gasteiger partial charge in [0.2, 0.25) is 0 Å². The van der Waals surface area contributed by atoms with Crippen LogP contribution in [0.2, 0.25) is 0 Å². The van der Waals surface area contributed by atoms with Crippen molar-refractivity contribution < 1.29 is 14.3 Å². The maximum atomic E-state index is 11.9. The number of hydrogen-bond acceptors (Lipinski definition) is 4. The molecule has 0 saturated carbocycles. The minimum atomic E-state index is -1.04. The van der Waals surface area contributed by atoms with Crippen LogP contribution in [0.1, 0.15) is 6.92 Å². The molecule has 4 heteroatoms. The SMILES string of the molecule is COC(=O)C1(C)CN(c2ccccc2)CC1=O. The highest BCUT2D eigenvalue weighted by Crippen LogP contribution is 2.31. The number of carbonyl (C=O) groups excluding carboxylic acids is 2. The fourth-order valence-electron chi connectivity index (χ4n) is 2.10. The number of carbonyl (C=O) groups is 2. The van der Waals surface area contributed by atoms with Crippen LogP contribution in [0, 0.1) is 5.41 Å². The Morgan fingerprint density at radius 3 is 2.59 bits per heavy atom. The van der Waals surface area contributed by atoms with Gasteiger partial charge in [0.25, 0.3) is 0 Å². The van der Waals surface area contributed by atoms with E-state index in [0.717, 1.165) is 5.69 Å². The fraction of sp³-hybridized carbons (Fsp3) is 0.385. The number of hydrogen-bond donors (Lipinski definition) is 0. The van der Waals surface area contributed by atoms with Crippen molar-refractivity contribution in [1.29, 1.82) is 0 Å². The lowest BCUT2D eigenvalue weighted by atomic mass is 9.89. The summed E-state index contributed by atoms with van der Waals surface area (Å²) in [5.74, 6) is -0.547. The average molecular weight is 233 g/mol. The Balaban J connectivity index is 2.23. The molecule has 90 valence electrons. The smallest absolute Gasteiger partial charge is 0.320 e. The molecular weight excluding hydrogens is 218 g/mol. The normalized spacial score (nSPS) is 23.9. The Labute approximate surface area is 100 Å². The van der Waals surface area contributed by atoms with Crippen LogP contribution in [0.15, 0.2) is 30.3 Å². The summed E-state index contributed by atoms with van der Waals surface area (Å²) in [6.07, 6.45) is 0. The zero-order chi connectivity index (χ0) is 12.5. The number of para-hydroxylation sites is 1. The van der Waals surface area contributed by atoms with Gasteiger partial charge in [-0.25, -0.2) is 0 Å². The average Bonchev–Trinajstić information content (AvgIpc) is 2.67. The zero-order valence-electron chi connectivity index (χ0n) is 9.97. The Morgan fingerprint density at radius 2 is 2.00 bits per heavy atom. The van der Waals surface area contributed by atoms with Gasteiger partial charge in [-0.1, -0.05) is 18.2 Å². The van der Waals surface area contributed by atoms with Crippen LogP contribution in [0.4, 0.5) is 5.69 Å². The molecule has 0 amide bonds. The maximum Gasteiger partial charge on any atom is 0.320 e. The van der Waals surface area contributed by atoms with Crippen molar-refractivity contribution in [2.75, 3.05) is 25.1 Å². The minimum Gasteiger partial charge on any atom is -0.468 e. The van der Waals surface area contributed by atoms with E-state index in [9.17, 15) is 9.59 Å². The number of nitrogens with zero attached hydrogens (tertiary/aromatic N) is 1. The van der Waals surface area contributed by atoms with Gasteiger partial charge in [-0.05, 0) is 19.1 Å². The first kappa shape index (κ1) is 11.6. The summed E-state index contributed by atoms with van der Waals surface area (Å²) < 4.78 is 4.71. The number of esters is 1. The largest absolute Gasteiger partial charge is 0.468 e. The Morgan fingerprint density at radius 1 is 1.35 bits per heavy atom. The van der Waals surface area contributed by atoms with Crippen LogP contribution < -0.4 is 4.90 Å². The molecule has 1 aromatic rings. The zero-order valence-corrected chi connectivity index (χ0v) is 9.97. The summed E-state index contributed by atoms with van der Waals surface area (Å²) in [4.78, 5) is 25.5. The molecular formula is C13H15NO3. The summed E-state index contributed by atoms with van der Waals surface area (Å²) in [6, 6.07) is 9.59. The van der Waals surface area contributed by atoms with Crippen LogP contribution in [-0.4, -0.2) is 32.0 Å². The number of Topliss-reactive ketones (excluding diaryl/α,β-unsaturated/α-hetero) is 1. The van der Waals surface area contributed by atoms with E-state index in [-0.39, 0.29) is 12.3 Å². The molecule has 1 unspecified atom stereocenters. The topological polar surface area (TPSA) is 46.6 Å². The van der Waals surface area contributed by atoms with E-state index in [4.69, 9.17) is 4.74 Å². The van der Waals surface area contributed by atoms with E-state index in [0.29, 0.717) is 6.54 Å². The Hall–Kier alpha value is -1.84. The van der Waals surface area contributed by atoms with Crippen molar-refractivity contribution in [3.8, 4) is 0 Å². The Kier molecular flexibility index (Phi) is 2.88. The highest BCUT2D eigenvalue weighted by molar-refractivity contribution is 6.08. The van der Waals surface area contributed by atoms with Crippen LogP contribution in [0.25, 0.3) is 0 Å². The van der Waals surface area contributed by atoms with Crippen LogP contribution in [0.3, 0.4) is 0 Å². The molecule has 0 bridgehead atoms. The molecule has 1 fully saturated rings. The number of anilines is 1. The van der Waals surface area contributed by atoms with Crippen molar-refractivity contribution in [1.82, 2.24) is 0 Å². The fourth-order valence-corrected chi connectivity index (χ4v) is 2.10. The van der Waals surface area contributed by atoms with Gasteiger partial charge in [-0.15, -0.1) is 0 Å². The summed E-state index contributed by atoms with van der Waals surface area (Å²) in [7, 11) is 1.31. The molecule has 0 spiro atoms. The van der Waals surface area contributed by atoms with E-state index < -0.39 is 11.4 Å². The van der Waals surface area contributed by atoms with Gasteiger partial charge in [0.1, 0.15) is 5.41 Å². The molecule has 1 aromatic carbocycles. The molecule has 4 nitrogen and oxygen atoms in total. The lowest BCUT2D eigenvalue weighted by Gasteiger charge is -2.21. The standard InChI is InChI=1S/C13H15NO3/c1-13(12(16)17-2)9-14(8-11(13)15)10-6-4-3-5-7-10/h3-7H,8-9H2,1-2H3. The van der Waals surface area contributed by atoms with Gasteiger partial charge in [-0.2, -0.15) is 0 Å². The van der Waals surface area contributed by atoms with Crippen molar-refractivity contribution in [3.63, 3.8) is 0 Å². The molecule has 1 aliphatic rings. The monoisotopic (exact) mass is 233 g/mol. The lowest BCUT2D eigenvalue weighted by molar-refractivity contribution is -0.154.